The van der Waals surface area contributed by atoms with E-state index >= 15 is 0 Å². The molecule has 0 bridgehead atoms. The number of sulfonamides is 1. The van der Waals surface area contributed by atoms with E-state index in [4.69, 9.17) is 0 Å². The molecule has 4 aromatic rings. The Kier molecular flexibility index (Phi) is 5.14. The van der Waals surface area contributed by atoms with Crippen LogP contribution in [0.25, 0.3) is 16.6 Å². The zero-order valence-electron chi connectivity index (χ0n) is 19.4. The van der Waals surface area contributed by atoms with Gasteiger partial charge in [0.25, 0.3) is 10.0 Å². The topological polar surface area (TPSA) is 110 Å². The van der Waals surface area contributed by atoms with Crippen molar-refractivity contribution in [2.75, 3.05) is 5.32 Å². The van der Waals surface area contributed by atoms with Gasteiger partial charge in [-0.3, -0.25) is 4.68 Å². The molecular weight excluding hydrogens is 464 g/mol. The number of pyridine rings is 1. The second-order valence-corrected chi connectivity index (χ2v) is 11.0. The highest BCUT2D eigenvalue weighted by atomic mass is 32.2. The van der Waals surface area contributed by atoms with E-state index < -0.39 is 16.1 Å². The smallest absolute Gasteiger partial charge is 0.306 e. The molecule has 0 spiro atoms. The van der Waals surface area contributed by atoms with E-state index in [9.17, 15) is 13.2 Å². The summed E-state index contributed by atoms with van der Waals surface area (Å²) in [5, 5.41) is 11.3. The first kappa shape index (κ1) is 21.8. The van der Waals surface area contributed by atoms with Crippen LogP contribution >= 0.6 is 0 Å². The molecule has 1 fully saturated rings. The number of urea groups is 1. The van der Waals surface area contributed by atoms with Gasteiger partial charge in [0.15, 0.2) is 0 Å². The maximum absolute atomic E-state index is 13.0. The predicted octanol–water partition coefficient (Wildman–Crippen LogP) is 4.23. The number of hydrogen-bond acceptors (Lipinski definition) is 5. The average molecular weight is 491 g/mol. The lowest BCUT2D eigenvalue weighted by Crippen LogP contribution is -2.34. The van der Waals surface area contributed by atoms with E-state index in [0.717, 1.165) is 66.3 Å². The highest BCUT2D eigenvalue weighted by Crippen LogP contribution is 2.40. The third-order valence-electron chi connectivity index (χ3n) is 7.09. The summed E-state index contributed by atoms with van der Waals surface area (Å²) in [5.41, 5.74) is 6.70. The zero-order valence-corrected chi connectivity index (χ0v) is 20.2. The summed E-state index contributed by atoms with van der Waals surface area (Å²) in [6, 6.07) is 7.52. The molecule has 1 saturated carbocycles. The Balaban J connectivity index is 1.33. The van der Waals surface area contributed by atoms with Crippen molar-refractivity contribution in [3.05, 3.63) is 65.7 Å². The first-order valence-electron chi connectivity index (χ1n) is 11.9. The lowest BCUT2D eigenvalue weighted by molar-refractivity contribution is 0.256. The Labute approximate surface area is 203 Å². The number of benzene rings is 1. The summed E-state index contributed by atoms with van der Waals surface area (Å²) in [4.78, 5) is 13.0. The molecule has 9 nitrogen and oxygen atoms in total. The molecule has 2 aliphatic rings. The van der Waals surface area contributed by atoms with Gasteiger partial charge in [0, 0.05) is 24.2 Å². The standard InChI is InChI=1S/C25H26N6O3S/c1-16-12-17-4-2-7-22(17)24(23(16)18-9-11-30-20(13-18)8-10-26-30)28-25(32)29-35(33,34)21-14-27-31(15-21)19-5-3-6-19/h8-15,19H,2-7H2,1H3,(H2,28,29,32). The van der Waals surface area contributed by atoms with Crippen molar-refractivity contribution in [1.29, 1.82) is 0 Å². The van der Waals surface area contributed by atoms with Crippen molar-refractivity contribution in [2.45, 2.75) is 56.4 Å². The number of carbonyl (C=O) groups is 1. The van der Waals surface area contributed by atoms with Gasteiger partial charge in [0.1, 0.15) is 4.90 Å². The fourth-order valence-corrected chi connectivity index (χ4v) is 5.96. The number of carbonyl (C=O) groups excluding carboxylic acids is 1. The number of hydrogen-bond donors (Lipinski definition) is 2. The molecule has 0 atom stereocenters. The van der Waals surface area contributed by atoms with Gasteiger partial charge in [-0.05, 0) is 85.9 Å². The van der Waals surface area contributed by atoms with Crippen LogP contribution in [0.4, 0.5) is 10.5 Å². The van der Waals surface area contributed by atoms with Crippen LogP contribution < -0.4 is 10.0 Å². The third-order valence-corrected chi connectivity index (χ3v) is 8.37. The maximum Gasteiger partial charge on any atom is 0.333 e. The van der Waals surface area contributed by atoms with Gasteiger partial charge in [-0.1, -0.05) is 6.07 Å². The molecular formula is C25H26N6O3S. The van der Waals surface area contributed by atoms with Crippen LogP contribution in [0, 0.1) is 6.92 Å². The van der Waals surface area contributed by atoms with E-state index in [2.05, 4.69) is 26.3 Å². The van der Waals surface area contributed by atoms with Crippen LogP contribution in [0.2, 0.25) is 0 Å². The van der Waals surface area contributed by atoms with Gasteiger partial charge < -0.3 is 5.32 Å². The molecule has 2 amide bonds. The Bertz CT molecular complexity index is 1570. The molecule has 6 rings (SSSR count). The SMILES string of the molecule is Cc1cc2c(c(NC(=O)NS(=O)(=O)c3cnn(C4CCC4)c3)c1-c1ccn3nccc3c1)CCC2. The number of nitrogens with zero attached hydrogens (tertiary/aromatic N) is 4. The van der Waals surface area contributed by atoms with Crippen molar-refractivity contribution < 1.29 is 13.2 Å². The fourth-order valence-electron chi connectivity index (χ4n) is 5.11. The summed E-state index contributed by atoms with van der Waals surface area (Å²) >= 11 is 0. The minimum absolute atomic E-state index is 0.0135. The highest BCUT2D eigenvalue weighted by molar-refractivity contribution is 7.90. The van der Waals surface area contributed by atoms with Crippen LogP contribution in [-0.4, -0.2) is 33.8 Å². The Hall–Kier alpha value is -3.66. The van der Waals surface area contributed by atoms with Crippen molar-refractivity contribution in [2.24, 2.45) is 0 Å². The lowest BCUT2D eigenvalue weighted by Gasteiger charge is -2.25. The quantitative estimate of drug-likeness (QED) is 0.435. The minimum Gasteiger partial charge on any atom is -0.306 e. The molecule has 0 unspecified atom stereocenters. The first-order valence-corrected chi connectivity index (χ1v) is 13.3. The van der Waals surface area contributed by atoms with E-state index in [0.29, 0.717) is 5.69 Å². The molecule has 0 saturated heterocycles. The minimum atomic E-state index is -4.06. The Morgan fingerprint density at radius 3 is 2.77 bits per heavy atom. The Morgan fingerprint density at radius 1 is 1.11 bits per heavy atom. The molecule has 10 heteroatoms. The van der Waals surface area contributed by atoms with Crippen molar-refractivity contribution in [1.82, 2.24) is 24.1 Å². The average Bonchev–Trinajstić information content (AvgIpc) is 3.52. The van der Waals surface area contributed by atoms with Gasteiger partial charge in [0.2, 0.25) is 0 Å². The molecule has 1 aromatic carbocycles. The van der Waals surface area contributed by atoms with Crippen LogP contribution in [0.5, 0.6) is 0 Å². The molecule has 0 aliphatic heterocycles. The van der Waals surface area contributed by atoms with Crippen LogP contribution in [0.3, 0.4) is 0 Å². The van der Waals surface area contributed by atoms with Gasteiger partial charge in [0.05, 0.1) is 23.4 Å². The van der Waals surface area contributed by atoms with Gasteiger partial charge in [-0.2, -0.15) is 10.2 Å². The second-order valence-electron chi connectivity index (χ2n) is 9.35. The van der Waals surface area contributed by atoms with E-state index in [1.54, 1.807) is 15.4 Å². The number of aromatic nitrogens is 4. The van der Waals surface area contributed by atoms with Gasteiger partial charge in [-0.25, -0.2) is 22.4 Å². The normalized spacial score (nSPS) is 15.7. The zero-order chi connectivity index (χ0) is 24.2. The number of fused-ring (bicyclic) bond motifs is 2. The number of anilines is 1. The third kappa shape index (κ3) is 3.87. The number of rotatable bonds is 5. The summed E-state index contributed by atoms with van der Waals surface area (Å²) in [7, 11) is -4.06. The molecule has 180 valence electrons. The molecule has 3 heterocycles. The monoisotopic (exact) mass is 490 g/mol. The molecule has 0 radical (unpaired) electrons. The van der Waals surface area contributed by atoms with Gasteiger partial charge in [-0.15, -0.1) is 0 Å². The van der Waals surface area contributed by atoms with Crippen LogP contribution in [0.15, 0.2) is 53.9 Å². The second kappa shape index (κ2) is 8.23. The number of nitrogens with one attached hydrogen (secondary N) is 2. The van der Waals surface area contributed by atoms with Crippen LogP contribution in [0.1, 0.15) is 48.4 Å². The fraction of sp³-hybridized carbons (Fsp3) is 0.320. The summed E-state index contributed by atoms with van der Waals surface area (Å²) in [6.45, 7) is 2.02. The van der Waals surface area contributed by atoms with Crippen LogP contribution in [-0.2, 0) is 22.9 Å². The lowest BCUT2D eigenvalue weighted by atomic mass is 9.93. The van der Waals surface area contributed by atoms with E-state index in [1.165, 1.54) is 18.0 Å². The molecule has 2 aliphatic carbocycles. The van der Waals surface area contributed by atoms with E-state index in [1.807, 2.05) is 31.3 Å². The summed E-state index contributed by atoms with van der Waals surface area (Å²) in [6.07, 6.45) is 12.3. The first-order chi connectivity index (χ1) is 16.9. The van der Waals surface area contributed by atoms with Crippen molar-refractivity contribution in [3.8, 4) is 11.1 Å². The van der Waals surface area contributed by atoms with Crippen molar-refractivity contribution in [3.63, 3.8) is 0 Å². The van der Waals surface area contributed by atoms with E-state index in [-0.39, 0.29) is 10.9 Å². The number of amides is 2. The molecule has 35 heavy (non-hydrogen) atoms. The Morgan fingerprint density at radius 2 is 1.97 bits per heavy atom. The number of aryl methyl sites for hydroxylation is 2. The van der Waals surface area contributed by atoms with Crippen molar-refractivity contribution >= 4 is 27.3 Å². The molecule has 3 aromatic heterocycles. The predicted molar refractivity (Wildman–Crippen MR) is 132 cm³/mol. The van der Waals surface area contributed by atoms with Gasteiger partial charge >= 0.3 is 6.03 Å². The maximum atomic E-state index is 13.0. The summed E-state index contributed by atoms with van der Waals surface area (Å²) < 4.78 is 31.5. The summed E-state index contributed by atoms with van der Waals surface area (Å²) in [5.74, 6) is 0. The highest BCUT2D eigenvalue weighted by Gasteiger charge is 2.27. The molecule has 2 N–H and O–H groups in total. The largest absolute Gasteiger partial charge is 0.333 e.